The standard InChI is InChI=1S/C11H17NO/c1-11(13)7-3-6-10-12-8-4-2-5-9-12/h2,4-5,7-10H2,1H3. The highest BCUT2D eigenvalue weighted by atomic mass is 16.1. The molecule has 0 aromatic heterocycles. The Morgan fingerprint density at radius 3 is 2.54 bits per heavy atom. The van der Waals surface area contributed by atoms with Gasteiger partial charge in [0.1, 0.15) is 5.78 Å². The number of carbonyl (C=O) groups excluding carboxylic acids is 1. The van der Waals surface area contributed by atoms with Crippen LogP contribution in [0.4, 0.5) is 0 Å². The van der Waals surface area contributed by atoms with Crippen LogP contribution in [0.25, 0.3) is 0 Å². The van der Waals surface area contributed by atoms with E-state index in [1.54, 1.807) is 6.92 Å². The van der Waals surface area contributed by atoms with Crippen LogP contribution in [-0.4, -0.2) is 30.3 Å². The minimum atomic E-state index is 0.158. The van der Waals surface area contributed by atoms with Gasteiger partial charge in [-0.2, -0.15) is 0 Å². The Morgan fingerprint density at radius 2 is 1.92 bits per heavy atom. The predicted molar refractivity (Wildman–Crippen MR) is 53.4 cm³/mol. The lowest BCUT2D eigenvalue weighted by Crippen LogP contribution is -2.29. The molecule has 0 bridgehead atoms. The van der Waals surface area contributed by atoms with Gasteiger partial charge in [-0.1, -0.05) is 18.3 Å². The molecule has 1 fully saturated rings. The first-order valence-electron chi connectivity index (χ1n) is 4.96. The highest BCUT2D eigenvalue weighted by molar-refractivity contribution is 5.78. The summed E-state index contributed by atoms with van der Waals surface area (Å²) in [4.78, 5) is 12.9. The number of likely N-dealkylation sites (tertiary alicyclic amines) is 1. The molecule has 13 heavy (non-hydrogen) atoms. The first-order chi connectivity index (χ1) is 6.29. The number of ketones is 1. The molecule has 1 heterocycles. The second-order valence-electron chi connectivity index (χ2n) is 3.57. The van der Waals surface area contributed by atoms with Crippen LogP contribution in [-0.2, 0) is 4.79 Å². The molecule has 0 aromatic rings. The molecule has 0 amide bonds. The lowest BCUT2D eigenvalue weighted by atomic mass is 10.1. The van der Waals surface area contributed by atoms with Gasteiger partial charge in [0.05, 0.1) is 13.0 Å². The van der Waals surface area contributed by atoms with Crippen molar-refractivity contribution >= 4 is 5.78 Å². The van der Waals surface area contributed by atoms with E-state index in [4.69, 9.17) is 0 Å². The van der Waals surface area contributed by atoms with Crippen molar-refractivity contribution in [3.05, 3.63) is 0 Å². The Balaban J connectivity index is 2.15. The summed E-state index contributed by atoms with van der Waals surface area (Å²) in [7, 11) is 0. The third kappa shape index (κ3) is 4.69. The van der Waals surface area contributed by atoms with E-state index in [1.807, 2.05) is 0 Å². The van der Waals surface area contributed by atoms with Crippen molar-refractivity contribution in [1.82, 2.24) is 4.90 Å². The quantitative estimate of drug-likeness (QED) is 0.598. The molecule has 0 radical (unpaired) electrons. The minimum Gasteiger partial charge on any atom is -0.299 e. The maximum Gasteiger partial charge on any atom is 0.141 e. The van der Waals surface area contributed by atoms with Crippen LogP contribution >= 0.6 is 0 Å². The fourth-order valence-corrected chi connectivity index (χ4v) is 1.47. The largest absolute Gasteiger partial charge is 0.299 e. The summed E-state index contributed by atoms with van der Waals surface area (Å²) in [6.45, 7) is 4.77. The van der Waals surface area contributed by atoms with Gasteiger partial charge in [-0.25, -0.2) is 0 Å². The van der Waals surface area contributed by atoms with Crippen LogP contribution in [0.2, 0.25) is 0 Å². The molecule has 0 unspecified atom stereocenters. The van der Waals surface area contributed by atoms with E-state index < -0.39 is 0 Å². The van der Waals surface area contributed by atoms with Gasteiger partial charge in [-0.15, -0.1) is 0 Å². The number of piperidine rings is 1. The van der Waals surface area contributed by atoms with Crippen molar-refractivity contribution < 1.29 is 4.79 Å². The molecule has 1 aliphatic rings. The molecule has 0 aromatic carbocycles. The van der Waals surface area contributed by atoms with Crippen molar-refractivity contribution in [3.63, 3.8) is 0 Å². The Kier molecular flexibility index (Phi) is 4.56. The number of rotatable bonds is 2. The van der Waals surface area contributed by atoms with Gasteiger partial charge in [0.15, 0.2) is 0 Å². The maximum atomic E-state index is 10.6. The Labute approximate surface area is 80.3 Å². The molecule has 72 valence electrons. The normalized spacial score (nSPS) is 17.6. The Bertz CT molecular complexity index is 218. The predicted octanol–water partition coefficient (Wildman–Crippen LogP) is 1.45. The lowest BCUT2D eigenvalue weighted by Gasteiger charge is -2.23. The molecule has 0 aliphatic carbocycles. The van der Waals surface area contributed by atoms with Crippen LogP contribution in [0.1, 0.15) is 32.6 Å². The number of hydrogen-bond donors (Lipinski definition) is 0. The second kappa shape index (κ2) is 5.77. The van der Waals surface area contributed by atoms with E-state index in [0.29, 0.717) is 6.42 Å². The topological polar surface area (TPSA) is 20.3 Å². The zero-order chi connectivity index (χ0) is 9.52. The number of hydrogen-bond acceptors (Lipinski definition) is 2. The summed E-state index contributed by atoms with van der Waals surface area (Å²) in [5, 5.41) is 0. The summed E-state index contributed by atoms with van der Waals surface area (Å²) in [6, 6.07) is 0. The van der Waals surface area contributed by atoms with Crippen molar-refractivity contribution in [3.8, 4) is 11.8 Å². The summed E-state index contributed by atoms with van der Waals surface area (Å²) in [5.74, 6) is 6.09. The van der Waals surface area contributed by atoms with Crippen LogP contribution < -0.4 is 0 Å². The van der Waals surface area contributed by atoms with Gasteiger partial charge >= 0.3 is 0 Å². The fraction of sp³-hybridized carbons (Fsp3) is 0.727. The zero-order valence-electron chi connectivity index (χ0n) is 8.31. The van der Waals surface area contributed by atoms with Crippen molar-refractivity contribution in [2.45, 2.75) is 32.6 Å². The molecule has 1 aliphatic heterocycles. The molecule has 1 saturated heterocycles. The monoisotopic (exact) mass is 179 g/mol. The molecule has 0 spiro atoms. The average Bonchev–Trinajstić information content (AvgIpc) is 2.14. The van der Waals surface area contributed by atoms with Gasteiger partial charge < -0.3 is 0 Å². The highest BCUT2D eigenvalue weighted by Gasteiger charge is 2.07. The van der Waals surface area contributed by atoms with Crippen LogP contribution in [0.3, 0.4) is 0 Å². The van der Waals surface area contributed by atoms with Gasteiger partial charge in [0, 0.05) is 0 Å². The molecule has 1 rings (SSSR count). The van der Waals surface area contributed by atoms with Gasteiger partial charge in [-0.3, -0.25) is 9.69 Å². The van der Waals surface area contributed by atoms with E-state index in [-0.39, 0.29) is 5.78 Å². The minimum absolute atomic E-state index is 0.158. The number of Topliss-reactive ketones (excluding diaryl/α,β-unsaturated/α-hetero) is 1. The van der Waals surface area contributed by atoms with Crippen molar-refractivity contribution in [2.24, 2.45) is 0 Å². The average molecular weight is 179 g/mol. The smallest absolute Gasteiger partial charge is 0.141 e. The van der Waals surface area contributed by atoms with Crippen molar-refractivity contribution in [1.29, 1.82) is 0 Å². The van der Waals surface area contributed by atoms with Gasteiger partial charge in [0.25, 0.3) is 0 Å². The van der Waals surface area contributed by atoms with Gasteiger partial charge in [-0.05, 0) is 32.9 Å². The summed E-state index contributed by atoms with van der Waals surface area (Å²) < 4.78 is 0. The molecule has 2 heteroatoms. The van der Waals surface area contributed by atoms with E-state index in [9.17, 15) is 4.79 Å². The van der Waals surface area contributed by atoms with Crippen LogP contribution in [0, 0.1) is 11.8 Å². The third-order valence-electron chi connectivity index (χ3n) is 2.21. The summed E-state index contributed by atoms with van der Waals surface area (Å²) in [5.41, 5.74) is 0. The molecule has 0 saturated carbocycles. The van der Waals surface area contributed by atoms with Gasteiger partial charge in [0.2, 0.25) is 0 Å². The lowest BCUT2D eigenvalue weighted by molar-refractivity contribution is -0.116. The summed E-state index contributed by atoms with van der Waals surface area (Å²) >= 11 is 0. The van der Waals surface area contributed by atoms with E-state index in [0.717, 1.165) is 6.54 Å². The number of nitrogens with zero attached hydrogens (tertiary/aromatic N) is 1. The Hall–Kier alpha value is -0.810. The van der Waals surface area contributed by atoms with Crippen LogP contribution in [0.5, 0.6) is 0 Å². The third-order valence-corrected chi connectivity index (χ3v) is 2.21. The molecular weight excluding hydrogens is 162 g/mol. The fourth-order valence-electron chi connectivity index (χ4n) is 1.47. The molecule has 0 atom stereocenters. The molecule has 0 N–H and O–H groups in total. The van der Waals surface area contributed by atoms with Crippen LogP contribution in [0.15, 0.2) is 0 Å². The molecule has 2 nitrogen and oxygen atoms in total. The second-order valence-corrected chi connectivity index (χ2v) is 3.57. The first-order valence-corrected chi connectivity index (χ1v) is 4.96. The number of carbonyl (C=O) groups is 1. The maximum absolute atomic E-state index is 10.6. The van der Waals surface area contributed by atoms with E-state index >= 15 is 0 Å². The summed E-state index contributed by atoms with van der Waals surface area (Å²) in [6.07, 6.45) is 4.37. The van der Waals surface area contributed by atoms with E-state index in [2.05, 4.69) is 16.7 Å². The Morgan fingerprint density at radius 1 is 1.23 bits per heavy atom. The SMILES string of the molecule is CC(=O)CC#CCN1CCCCC1. The van der Waals surface area contributed by atoms with Crippen molar-refractivity contribution in [2.75, 3.05) is 19.6 Å². The first kappa shape index (κ1) is 10.3. The highest BCUT2D eigenvalue weighted by Crippen LogP contribution is 2.06. The zero-order valence-corrected chi connectivity index (χ0v) is 8.31. The van der Waals surface area contributed by atoms with E-state index in [1.165, 1.54) is 32.4 Å². The molecular formula is C11H17NO.